The van der Waals surface area contributed by atoms with Crippen LogP contribution in [0.4, 0.5) is 0 Å². The molecule has 0 fully saturated rings. The van der Waals surface area contributed by atoms with E-state index in [4.69, 9.17) is 5.73 Å². The summed E-state index contributed by atoms with van der Waals surface area (Å²) in [6.07, 6.45) is 5.47. The zero-order chi connectivity index (χ0) is 10.8. The van der Waals surface area contributed by atoms with Crippen molar-refractivity contribution in [2.45, 2.75) is 13.0 Å². The summed E-state index contributed by atoms with van der Waals surface area (Å²) in [5.41, 5.74) is 9.17. The van der Waals surface area contributed by atoms with E-state index in [-0.39, 0.29) is 6.04 Å². The summed E-state index contributed by atoms with van der Waals surface area (Å²) in [6, 6.07) is 3.70. The molecule has 1 atom stereocenters. The lowest BCUT2D eigenvalue weighted by Crippen LogP contribution is -2.14. The van der Waals surface area contributed by atoms with E-state index in [9.17, 15) is 0 Å². The molecule has 0 aliphatic rings. The smallest absolute Gasteiger partial charge is 0.0837 e. The van der Waals surface area contributed by atoms with Gasteiger partial charge in [0.1, 0.15) is 0 Å². The zero-order valence-corrected chi connectivity index (χ0v) is 8.88. The highest BCUT2D eigenvalue weighted by atomic mass is 15.3. The Kier molecular flexibility index (Phi) is 2.51. The molecule has 0 saturated heterocycles. The van der Waals surface area contributed by atoms with E-state index >= 15 is 0 Å². The van der Waals surface area contributed by atoms with Gasteiger partial charge in [0.2, 0.25) is 0 Å². The largest absolute Gasteiger partial charge is 0.319 e. The quantitative estimate of drug-likeness (QED) is 0.795. The normalized spacial score (nSPS) is 12.7. The third-order valence-corrected chi connectivity index (χ3v) is 2.45. The molecule has 0 aliphatic heterocycles. The lowest BCUT2D eigenvalue weighted by Gasteiger charge is -2.11. The Morgan fingerprint density at radius 1 is 1.40 bits per heavy atom. The van der Waals surface area contributed by atoms with Crippen molar-refractivity contribution in [1.29, 1.82) is 0 Å². The molecular formula is C11H14N4. The van der Waals surface area contributed by atoms with Crippen molar-refractivity contribution in [1.82, 2.24) is 14.8 Å². The standard InChI is InChI=1S/C11H14N4/c1-8-7-13-5-3-9(8)11(12)10-4-6-15(2)14-10/h3-7,11H,12H2,1-2H3. The van der Waals surface area contributed by atoms with E-state index in [1.165, 1.54) is 0 Å². The van der Waals surface area contributed by atoms with Crippen LogP contribution in [0.3, 0.4) is 0 Å². The van der Waals surface area contributed by atoms with Crippen LogP contribution < -0.4 is 5.73 Å². The predicted molar refractivity (Wildman–Crippen MR) is 58.2 cm³/mol. The molecule has 4 heteroatoms. The van der Waals surface area contributed by atoms with E-state index in [0.717, 1.165) is 16.8 Å². The predicted octanol–water partition coefficient (Wildman–Crippen LogP) is 1.17. The third kappa shape index (κ3) is 1.89. The number of hydrogen-bond donors (Lipinski definition) is 1. The fraction of sp³-hybridized carbons (Fsp3) is 0.273. The van der Waals surface area contributed by atoms with Crippen molar-refractivity contribution in [2.75, 3.05) is 0 Å². The van der Waals surface area contributed by atoms with E-state index in [1.807, 2.05) is 38.5 Å². The van der Waals surface area contributed by atoms with Crippen molar-refractivity contribution < 1.29 is 0 Å². The van der Waals surface area contributed by atoms with Crippen LogP contribution >= 0.6 is 0 Å². The topological polar surface area (TPSA) is 56.7 Å². The van der Waals surface area contributed by atoms with E-state index < -0.39 is 0 Å². The van der Waals surface area contributed by atoms with E-state index in [0.29, 0.717) is 0 Å². The van der Waals surface area contributed by atoms with Gasteiger partial charge in [0.15, 0.2) is 0 Å². The summed E-state index contributed by atoms with van der Waals surface area (Å²) >= 11 is 0. The van der Waals surface area contributed by atoms with E-state index in [2.05, 4.69) is 10.1 Å². The Labute approximate surface area is 88.8 Å². The number of nitrogens with zero attached hydrogens (tertiary/aromatic N) is 3. The number of nitrogens with two attached hydrogens (primary N) is 1. The van der Waals surface area contributed by atoms with Gasteiger partial charge in [-0.25, -0.2) is 0 Å². The molecule has 2 heterocycles. The van der Waals surface area contributed by atoms with Gasteiger partial charge >= 0.3 is 0 Å². The summed E-state index contributed by atoms with van der Waals surface area (Å²) in [5, 5.41) is 4.30. The van der Waals surface area contributed by atoms with Crippen molar-refractivity contribution in [3.63, 3.8) is 0 Å². The fourth-order valence-electron chi connectivity index (χ4n) is 1.59. The highest BCUT2D eigenvalue weighted by Crippen LogP contribution is 2.19. The molecule has 0 saturated carbocycles. The summed E-state index contributed by atoms with van der Waals surface area (Å²) in [4.78, 5) is 4.05. The van der Waals surface area contributed by atoms with Crippen LogP contribution in [0.25, 0.3) is 0 Å². The maximum Gasteiger partial charge on any atom is 0.0837 e. The van der Waals surface area contributed by atoms with Gasteiger partial charge in [-0.3, -0.25) is 9.67 Å². The minimum atomic E-state index is -0.172. The summed E-state index contributed by atoms with van der Waals surface area (Å²) in [7, 11) is 1.88. The Morgan fingerprint density at radius 3 is 2.80 bits per heavy atom. The van der Waals surface area contributed by atoms with Crippen molar-refractivity contribution in [3.05, 3.63) is 47.5 Å². The second kappa shape index (κ2) is 3.82. The number of hydrogen-bond acceptors (Lipinski definition) is 3. The van der Waals surface area contributed by atoms with Gasteiger partial charge < -0.3 is 5.73 Å². The molecule has 0 aliphatic carbocycles. The molecular weight excluding hydrogens is 188 g/mol. The van der Waals surface area contributed by atoms with Crippen LogP contribution in [0.2, 0.25) is 0 Å². The zero-order valence-electron chi connectivity index (χ0n) is 8.88. The Balaban J connectivity index is 2.36. The van der Waals surface area contributed by atoms with Crippen LogP contribution in [0, 0.1) is 6.92 Å². The molecule has 15 heavy (non-hydrogen) atoms. The second-order valence-electron chi connectivity index (χ2n) is 3.62. The van der Waals surface area contributed by atoms with Crippen molar-refractivity contribution in [3.8, 4) is 0 Å². The van der Waals surface area contributed by atoms with Crippen LogP contribution in [0.15, 0.2) is 30.7 Å². The maximum atomic E-state index is 6.13. The molecule has 2 rings (SSSR count). The molecule has 1 unspecified atom stereocenters. The number of aryl methyl sites for hydroxylation is 2. The minimum absolute atomic E-state index is 0.172. The Morgan fingerprint density at radius 2 is 2.20 bits per heavy atom. The molecule has 2 aromatic rings. The van der Waals surface area contributed by atoms with Crippen molar-refractivity contribution >= 4 is 0 Å². The average Bonchev–Trinajstić information content (AvgIpc) is 2.65. The highest BCUT2D eigenvalue weighted by Gasteiger charge is 2.13. The van der Waals surface area contributed by atoms with Gasteiger partial charge in [-0.15, -0.1) is 0 Å². The fourth-order valence-corrected chi connectivity index (χ4v) is 1.59. The first-order valence-electron chi connectivity index (χ1n) is 4.84. The van der Waals surface area contributed by atoms with Gasteiger partial charge in [-0.1, -0.05) is 0 Å². The Bertz CT molecular complexity index is 461. The molecule has 0 spiro atoms. The van der Waals surface area contributed by atoms with Gasteiger partial charge in [0.05, 0.1) is 11.7 Å². The minimum Gasteiger partial charge on any atom is -0.319 e. The lowest BCUT2D eigenvalue weighted by molar-refractivity contribution is 0.713. The molecule has 0 amide bonds. The van der Waals surface area contributed by atoms with Crippen LogP contribution in [0.5, 0.6) is 0 Å². The highest BCUT2D eigenvalue weighted by molar-refractivity contribution is 5.31. The Hall–Kier alpha value is -1.68. The molecule has 2 N–H and O–H groups in total. The summed E-state index contributed by atoms with van der Waals surface area (Å²) in [6.45, 7) is 2.01. The molecule has 0 bridgehead atoms. The van der Waals surface area contributed by atoms with Crippen LogP contribution in [-0.4, -0.2) is 14.8 Å². The van der Waals surface area contributed by atoms with E-state index in [1.54, 1.807) is 10.9 Å². The third-order valence-electron chi connectivity index (χ3n) is 2.45. The first-order chi connectivity index (χ1) is 7.18. The van der Waals surface area contributed by atoms with Crippen LogP contribution in [0.1, 0.15) is 22.9 Å². The monoisotopic (exact) mass is 202 g/mol. The SMILES string of the molecule is Cc1cnccc1C(N)c1ccn(C)n1. The molecule has 2 aromatic heterocycles. The number of pyridine rings is 1. The van der Waals surface area contributed by atoms with Gasteiger partial charge in [-0.2, -0.15) is 5.10 Å². The first-order valence-corrected chi connectivity index (χ1v) is 4.84. The second-order valence-corrected chi connectivity index (χ2v) is 3.62. The summed E-state index contributed by atoms with van der Waals surface area (Å²) in [5.74, 6) is 0. The number of aromatic nitrogens is 3. The lowest BCUT2D eigenvalue weighted by atomic mass is 10.0. The molecule has 4 nitrogen and oxygen atoms in total. The van der Waals surface area contributed by atoms with Gasteiger partial charge in [0, 0.05) is 25.6 Å². The molecule has 0 aromatic carbocycles. The summed E-state index contributed by atoms with van der Waals surface area (Å²) < 4.78 is 1.76. The van der Waals surface area contributed by atoms with Crippen molar-refractivity contribution in [2.24, 2.45) is 12.8 Å². The molecule has 78 valence electrons. The first kappa shape index (κ1) is 9.86. The maximum absolute atomic E-state index is 6.13. The van der Waals surface area contributed by atoms with Crippen LogP contribution in [-0.2, 0) is 7.05 Å². The number of rotatable bonds is 2. The van der Waals surface area contributed by atoms with Gasteiger partial charge in [0.25, 0.3) is 0 Å². The molecule has 0 radical (unpaired) electrons. The van der Waals surface area contributed by atoms with Gasteiger partial charge in [-0.05, 0) is 30.2 Å². The average molecular weight is 202 g/mol.